The molecule has 1 aromatic heterocycles. The van der Waals surface area contributed by atoms with E-state index in [0.717, 1.165) is 10.0 Å². The van der Waals surface area contributed by atoms with E-state index in [1.165, 1.54) is 28.7 Å². The largest absolute Gasteiger partial charge is 0.383 e. The molecule has 2 N–H and O–H groups in total. The van der Waals surface area contributed by atoms with E-state index < -0.39 is 0 Å². The second kappa shape index (κ2) is 8.85. The first-order chi connectivity index (χ1) is 11.1. The number of anilines is 2. The predicted octanol–water partition coefficient (Wildman–Crippen LogP) is 2.83. The van der Waals surface area contributed by atoms with Crippen LogP contribution in [0, 0.1) is 6.92 Å². The molecule has 0 aliphatic carbocycles. The summed E-state index contributed by atoms with van der Waals surface area (Å²) in [7, 11) is 1.61. The van der Waals surface area contributed by atoms with E-state index in [-0.39, 0.29) is 11.2 Å². The molecule has 23 heavy (non-hydrogen) atoms. The lowest BCUT2D eigenvalue weighted by Crippen LogP contribution is -2.33. The first kappa shape index (κ1) is 17.7. The maximum atomic E-state index is 11.9. The molecule has 2 aromatic rings. The summed E-state index contributed by atoms with van der Waals surface area (Å²) < 4.78 is 5.67. The van der Waals surface area contributed by atoms with E-state index in [4.69, 9.17) is 4.74 Å². The average Bonchev–Trinajstić information content (AvgIpc) is 2.94. The summed E-state index contributed by atoms with van der Waals surface area (Å²) in [4.78, 5) is 11.9. The molecular formula is C15H20N4O2S2. The van der Waals surface area contributed by atoms with Crippen molar-refractivity contribution in [2.75, 3.05) is 25.6 Å². The van der Waals surface area contributed by atoms with Gasteiger partial charge in [0, 0.05) is 19.3 Å². The number of aromatic nitrogens is 2. The van der Waals surface area contributed by atoms with Crippen LogP contribution in [-0.2, 0) is 9.53 Å². The molecule has 0 unspecified atom stereocenters. The number of nitrogens with one attached hydrogen (secondary N) is 2. The molecule has 1 heterocycles. The van der Waals surface area contributed by atoms with Crippen molar-refractivity contribution in [1.29, 1.82) is 0 Å². The van der Waals surface area contributed by atoms with Crippen LogP contribution in [0.4, 0.5) is 10.8 Å². The number of hydrogen-bond acceptors (Lipinski definition) is 7. The number of methoxy groups -OCH3 is 1. The molecule has 0 radical (unpaired) electrons. The molecule has 1 amide bonds. The van der Waals surface area contributed by atoms with Crippen molar-refractivity contribution in [3.8, 4) is 0 Å². The molecular weight excluding hydrogens is 332 g/mol. The van der Waals surface area contributed by atoms with Gasteiger partial charge in [0.1, 0.15) is 0 Å². The maximum absolute atomic E-state index is 11.9. The number of ether oxygens (including phenoxy) is 1. The third-order valence-electron chi connectivity index (χ3n) is 2.93. The van der Waals surface area contributed by atoms with Gasteiger partial charge in [0.25, 0.3) is 0 Å². The van der Waals surface area contributed by atoms with E-state index in [0.29, 0.717) is 18.3 Å². The Labute approximate surface area is 144 Å². The SMILES string of the molecule is COCCNC(=O)[C@@H](C)Sc1nnc(Nc2cccc(C)c2)s1. The van der Waals surface area contributed by atoms with Crippen LogP contribution in [0.15, 0.2) is 28.6 Å². The van der Waals surface area contributed by atoms with Crippen LogP contribution in [0.5, 0.6) is 0 Å². The highest BCUT2D eigenvalue weighted by atomic mass is 32.2. The van der Waals surface area contributed by atoms with E-state index in [1.807, 2.05) is 38.1 Å². The highest BCUT2D eigenvalue weighted by molar-refractivity contribution is 8.02. The molecule has 0 fully saturated rings. The van der Waals surface area contributed by atoms with Crippen LogP contribution in [0.3, 0.4) is 0 Å². The summed E-state index contributed by atoms with van der Waals surface area (Å²) in [5.41, 5.74) is 2.15. The highest BCUT2D eigenvalue weighted by Crippen LogP contribution is 2.30. The predicted molar refractivity (Wildman–Crippen MR) is 94.6 cm³/mol. The summed E-state index contributed by atoms with van der Waals surface area (Å²) in [6, 6.07) is 8.05. The Morgan fingerprint density at radius 2 is 2.26 bits per heavy atom. The van der Waals surface area contributed by atoms with Crippen molar-refractivity contribution in [1.82, 2.24) is 15.5 Å². The lowest BCUT2D eigenvalue weighted by molar-refractivity contribution is -0.120. The van der Waals surface area contributed by atoms with E-state index >= 15 is 0 Å². The Bertz CT molecular complexity index is 648. The Balaban J connectivity index is 1.88. The summed E-state index contributed by atoms with van der Waals surface area (Å²) in [6.45, 7) is 4.90. The van der Waals surface area contributed by atoms with Crippen LogP contribution >= 0.6 is 23.1 Å². The quantitative estimate of drug-likeness (QED) is 0.562. The van der Waals surface area contributed by atoms with Gasteiger partial charge in [0.2, 0.25) is 11.0 Å². The minimum atomic E-state index is -0.230. The molecule has 1 atom stereocenters. The number of thioether (sulfide) groups is 1. The number of aryl methyl sites for hydroxylation is 1. The van der Waals surface area contributed by atoms with Crippen molar-refractivity contribution in [3.05, 3.63) is 29.8 Å². The monoisotopic (exact) mass is 352 g/mol. The smallest absolute Gasteiger partial charge is 0.233 e. The Hall–Kier alpha value is -1.64. The number of carbonyl (C=O) groups excluding carboxylic acids is 1. The maximum Gasteiger partial charge on any atom is 0.233 e. The summed E-state index contributed by atoms with van der Waals surface area (Å²) in [6.07, 6.45) is 0. The fourth-order valence-corrected chi connectivity index (χ4v) is 3.72. The van der Waals surface area contributed by atoms with Crippen molar-refractivity contribution >= 4 is 39.8 Å². The fraction of sp³-hybridized carbons (Fsp3) is 0.400. The van der Waals surface area contributed by atoms with Gasteiger partial charge < -0.3 is 15.4 Å². The van der Waals surface area contributed by atoms with Gasteiger partial charge in [-0.1, -0.05) is 35.2 Å². The molecule has 124 valence electrons. The zero-order valence-electron chi connectivity index (χ0n) is 13.3. The third kappa shape index (κ3) is 5.81. The molecule has 0 aliphatic heterocycles. The molecule has 0 saturated carbocycles. The highest BCUT2D eigenvalue weighted by Gasteiger charge is 2.16. The van der Waals surface area contributed by atoms with E-state index in [2.05, 4.69) is 20.8 Å². The molecule has 8 heteroatoms. The Morgan fingerprint density at radius 1 is 1.43 bits per heavy atom. The second-order valence-corrected chi connectivity index (χ2v) is 7.48. The van der Waals surface area contributed by atoms with Gasteiger partial charge in [0.15, 0.2) is 4.34 Å². The normalized spacial score (nSPS) is 12.0. The summed E-state index contributed by atoms with van der Waals surface area (Å²) in [5, 5.41) is 14.8. The lowest BCUT2D eigenvalue weighted by atomic mass is 10.2. The van der Waals surface area contributed by atoms with Gasteiger partial charge in [-0.3, -0.25) is 4.79 Å². The number of amides is 1. The standard InChI is InChI=1S/C15H20N4O2S2/c1-10-5-4-6-12(9-10)17-14-18-19-15(23-14)22-11(2)13(20)16-7-8-21-3/h4-6,9,11H,7-8H2,1-3H3,(H,16,20)(H,17,18)/t11-/m1/s1. The molecule has 0 spiro atoms. The summed E-state index contributed by atoms with van der Waals surface area (Å²) in [5.74, 6) is -0.0320. The number of carbonyl (C=O) groups is 1. The zero-order valence-corrected chi connectivity index (χ0v) is 15.0. The number of nitrogens with zero attached hydrogens (tertiary/aromatic N) is 2. The first-order valence-electron chi connectivity index (χ1n) is 7.19. The van der Waals surface area contributed by atoms with Crippen molar-refractivity contribution in [3.63, 3.8) is 0 Å². The minimum absolute atomic E-state index is 0.0320. The van der Waals surface area contributed by atoms with Crippen LogP contribution in [0.25, 0.3) is 0 Å². The van der Waals surface area contributed by atoms with Gasteiger partial charge >= 0.3 is 0 Å². The summed E-state index contributed by atoms with van der Waals surface area (Å²) >= 11 is 2.83. The van der Waals surface area contributed by atoms with Crippen molar-refractivity contribution in [2.45, 2.75) is 23.4 Å². The van der Waals surface area contributed by atoms with Gasteiger partial charge in [-0.2, -0.15) is 0 Å². The van der Waals surface area contributed by atoms with Gasteiger partial charge in [0.05, 0.1) is 11.9 Å². The zero-order chi connectivity index (χ0) is 16.7. The first-order valence-corrected chi connectivity index (χ1v) is 8.88. The lowest BCUT2D eigenvalue weighted by Gasteiger charge is -2.09. The second-order valence-electron chi connectivity index (χ2n) is 4.91. The Kier molecular flexibility index (Phi) is 6.82. The van der Waals surface area contributed by atoms with Gasteiger partial charge in [-0.05, 0) is 31.5 Å². The van der Waals surface area contributed by atoms with Crippen LogP contribution < -0.4 is 10.6 Å². The average molecular weight is 352 g/mol. The van der Waals surface area contributed by atoms with Crippen molar-refractivity contribution in [2.24, 2.45) is 0 Å². The molecule has 0 aliphatic rings. The van der Waals surface area contributed by atoms with E-state index in [1.54, 1.807) is 7.11 Å². The number of rotatable bonds is 8. The topological polar surface area (TPSA) is 76.1 Å². The molecule has 0 bridgehead atoms. The van der Waals surface area contributed by atoms with Gasteiger partial charge in [-0.15, -0.1) is 10.2 Å². The van der Waals surface area contributed by atoms with Crippen LogP contribution in [0.2, 0.25) is 0 Å². The molecule has 2 rings (SSSR count). The number of benzene rings is 1. The molecule has 1 aromatic carbocycles. The minimum Gasteiger partial charge on any atom is -0.383 e. The third-order valence-corrected chi connectivity index (χ3v) is 4.95. The van der Waals surface area contributed by atoms with E-state index in [9.17, 15) is 4.79 Å². The van der Waals surface area contributed by atoms with Crippen LogP contribution in [-0.4, -0.2) is 41.6 Å². The number of hydrogen-bond donors (Lipinski definition) is 2. The van der Waals surface area contributed by atoms with Crippen LogP contribution in [0.1, 0.15) is 12.5 Å². The molecule has 6 nitrogen and oxygen atoms in total. The fourth-order valence-electron chi connectivity index (χ4n) is 1.78. The molecule has 0 saturated heterocycles. The Morgan fingerprint density at radius 3 is 3.00 bits per heavy atom. The van der Waals surface area contributed by atoms with Crippen molar-refractivity contribution < 1.29 is 9.53 Å². The van der Waals surface area contributed by atoms with Gasteiger partial charge in [-0.25, -0.2) is 0 Å².